The largest absolute Gasteiger partial charge is 0.507 e. The molecule has 1 aromatic rings. The molecule has 1 aromatic carbocycles. The minimum atomic E-state index is -1.05. The zero-order chi connectivity index (χ0) is 11.6. The summed E-state index contributed by atoms with van der Waals surface area (Å²) in [5, 5.41) is 20.4. The summed E-state index contributed by atoms with van der Waals surface area (Å²) in [5.74, 6) is 0.591. The van der Waals surface area contributed by atoms with Crippen molar-refractivity contribution >= 4 is 0 Å². The van der Waals surface area contributed by atoms with Crippen molar-refractivity contribution in [3.63, 3.8) is 0 Å². The fourth-order valence-corrected chi connectivity index (χ4v) is 2.12. The van der Waals surface area contributed by atoms with E-state index in [0.717, 1.165) is 0 Å². The van der Waals surface area contributed by atoms with Gasteiger partial charge in [0, 0.05) is 26.1 Å². The molecular formula is C12H16O4. The number of methoxy groups -OCH3 is 1. The normalized spacial score (nSPS) is 19.4. The Morgan fingerprint density at radius 2 is 2.00 bits per heavy atom. The van der Waals surface area contributed by atoms with Gasteiger partial charge in [0.1, 0.15) is 17.1 Å². The summed E-state index contributed by atoms with van der Waals surface area (Å²) in [6, 6.07) is 4.99. The molecule has 0 amide bonds. The molecule has 0 radical (unpaired) electrons. The van der Waals surface area contributed by atoms with Gasteiger partial charge in [-0.3, -0.25) is 0 Å². The molecule has 2 rings (SSSR count). The van der Waals surface area contributed by atoms with Crippen LogP contribution >= 0.6 is 0 Å². The van der Waals surface area contributed by atoms with Gasteiger partial charge in [-0.1, -0.05) is 6.07 Å². The van der Waals surface area contributed by atoms with Gasteiger partial charge in [-0.25, -0.2) is 0 Å². The summed E-state index contributed by atoms with van der Waals surface area (Å²) in [7, 11) is 1.53. The molecule has 1 aliphatic rings. The molecule has 4 nitrogen and oxygen atoms in total. The zero-order valence-electron chi connectivity index (χ0n) is 9.27. The summed E-state index contributed by atoms with van der Waals surface area (Å²) in [4.78, 5) is 0. The Hall–Kier alpha value is -1.26. The first-order valence-electron chi connectivity index (χ1n) is 5.34. The van der Waals surface area contributed by atoms with Crippen LogP contribution in [0, 0.1) is 0 Å². The van der Waals surface area contributed by atoms with Crippen LogP contribution in [0.5, 0.6) is 11.5 Å². The van der Waals surface area contributed by atoms with Crippen LogP contribution in [0.4, 0.5) is 0 Å². The van der Waals surface area contributed by atoms with Crippen LogP contribution < -0.4 is 4.74 Å². The number of phenolic OH excluding ortho intramolecular Hbond substituents is 1. The van der Waals surface area contributed by atoms with Gasteiger partial charge in [0.15, 0.2) is 0 Å². The molecule has 0 aromatic heterocycles. The Bertz CT molecular complexity index is 369. The van der Waals surface area contributed by atoms with Gasteiger partial charge in [-0.15, -0.1) is 0 Å². The third kappa shape index (κ3) is 1.86. The van der Waals surface area contributed by atoms with Crippen molar-refractivity contribution in [1.29, 1.82) is 0 Å². The number of benzene rings is 1. The molecule has 1 fully saturated rings. The van der Waals surface area contributed by atoms with Crippen molar-refractivity contribution < 1.29 is 19.7 Å². The molecule has 0 bridgehead atoms. The van der Waals surface area contributed by atoms with E-state index >= 15 is 0 Å². The summed E-state index contributed by atoms with van der Waals surface area (Å²) in [6.07, 6.45) is 0.946. The van der Waals surface area contributed by atoms with Crippen molar-refractivity contribution in [2.45, 2.75) is 18.4 Å². The maximum absolute atomic E-state index is 10.5. The Morgan fingerprint density at radius 1 is 1.31 bits per heavy atom. The molecule has 4 heteroatoms. The van der Waals surface area contributed by atoms with Gasteiger partial charge in [0.25, 0.3) is 0 Å². The maximum Gasteiger partial charge on any atom is 0.128 e. The van der Waals surface area contributed by atoms with Gasteiger partial charge in [-0.2, -0.15) is 0 Å². The highest BCUT2D eigenvalue weighted by Crippen LogP contribution is 2.42. The first-order valence-corrected chi connectivity index (χ1v) is 5.34. The Labute approximate surface area is 94.4 Å². The Balaban J connectivity index is 2.44. The number of hydrogen-bond acceptors (Lipinski definition) is 4. The fourth-order valence-electron chi connectivity index (χ4n) is 2.12. The lowest BCUT2D eigenvalue weighted by atomic mass is 9.85. The van der Waals surface area contributed by atoms with Crippen molar-refractivity contribution in [2.24, 2.45) is 0 Å². The van der Waals surface area contributed by atoms with Gasteiger partial charge in [0.05, 0.1) is 12.7 Å². The van der Waals surface area contributed by atoms with Crippen molar-refractivity contribution in [3.8, 4) is 11.5 Å². The minimum absolute atomic E-state index is 0.0729. The first kappa shape index (κ1) is 11.2. The SMILES string of the molecule is COc1cccc(O)c1C1(O)CCOCC1. The molecule has 1 aliphatic heterocycles. The number of hydrogen-bond donors (Lipinski definition) is 2. The van der Waals surface area contributed by atoms with Crippen LogP contribution in [0.3, 0.4) is 0 Å². The molecule has 0 aliphatic carbocycles. The highest BCUT2D eigenvalue weighted by Gasteiger charge is 2.36. The number of aromatic hydroxyl groups is 1. The monoisotopic (exact) mass is 224 g/mol. The standard InChI is InChI=1S/C12H16O4/c1-15-10-4-2-3-9(13)11(10)12(14)5-7-16-8-6-12/h2-4,13-14H,5-8H2,1H3. The molecule has 0 unspecified atom stereocenters. The van der Waals surface area contributed by atoms with Gasteiger partial charge in [0.2, 0.25) is 0 Å². The second-order valence-corrected chi connectivity index (χ2v) is 4.00. The van der Waals surface area contributed by atoms with Crippen LogP contribution in [0.1, 0.15) is 18.4 Å². The number of ether oxygens (including phenoxy) is 2. The second kappa shape index (κ2) is 4.31. The average molecular weight is 224 g/mol. The van der Waals surface area contributed by atoms with Crippen molar-refractivity contribution in [1.82, 2.24) is 0 Å². The van der Waals surface area contributed by atoms with Crippen LogP contribution in [0.2, 0.25) is 0 Å². The summed E-state index contributed by atoms with van der Waals surface area (Å²) < 4.78 is 10.4. The van der Waals surface area contributed by atoms with Gasteiger partial charge >= 0.3 is 0 Å². The molecule has 1 saturated heterocycles. The molecular weight excluding hydrogens is 208 g/mol. The lowest BCUT2D eigenvalue weighted by molar-refractivity contribution is -0.0700. The van der Waals surface area contributed by atoms with E-state index in [1.54, 1.807) is 18.2 Å². The molecule has 0 spiro atoms. The molecule has 0 saturated carbocycles. The van der Waals surface area contributed by atoms with E-state index in [9.17, 15) is 10.2 Å². The van der Waals surface area contributed by atoms with Crippen molar-refractivity contribution in [2.75, 3.05) is 20.3 Å². The predicted octanol–water partition coefficient (Wildman–Crippen LogP) is 1.40. The van der Waals surface area contributed by atoms with Crippen LogP contribution in [-0.2, 0) is 10.3 Å². The van der Waals surface area contributed by atoms with Gasteiger partial charge < -0.3 is 19.7 Å². The number of aliphatic hydroxyl groups is 1. The minimum Gasteiger partial charge on any atom is -0.507 e. The summed E-state index contributed by atoms with van der Waals surface area (Å²) in [5.41, 5.74) is -0.574. The highest BCUT2D eigenvalue weighted by molar-refractivity contribution is 5.48. The number of rotatable bonds is 2. The van der Waals surface area contributed by atoms with E-state index < -0.39 is 5.60 Å². The van der Waals surface area contributed by atoms with E-state index in [4.69, 9.17) is 9.47 Å². The molecule has 0 atom stereocenters. The van der Waals surface area contributed by atoms with Crippen LogP contribution in [0.15, 0.2) is 18.2 Å². The Morgan fingerprint density at radius 3 is 2.62 bits per heavy atom. The maximum atomic E-state index is 10.5. The first-order chi connectivity index (χ1) is 7.67. The third-order valence-electron chi connectivity index (χ3n) is 3.01. The van der Waals surface area contributed by atoms with Gasteiger partial charge in [-0.05, 0) is 12.1 Å². The third-order valence-corrected chi connectivity index (χ3v) is 3.01. The van der Waals surface area contributed by atoms with E-state index in [1.165, 1.54) is 7.11 Å². The van der Waals surface area contributed by atoms with Crippen LogP contribution in [0.25, 0.3) is 0 Å². The molecule has 1 heterocycles. The molecule has 2 N–H and O–H groups in total. The van der Waals surface area contributed by atoms with E-state index in [1.807, 2.05) is 0 Å². The van der Waals surface area contributed by atoms with Crippen LogP contribution in [-0.4, -0.2) is 30.5 Å². The zero-order valence-corrected chi connectivity index (χ0v) is 9.27. The quantitative estimate of drug-likeness (QED) is 0.797. The smallest absolute Gasteiger partial charge is 0.128 e. The van der Waals surface area contributed by atoms with E-state index in [-0.39, 0.29) is 5.75 Å². The summed E-state index contributed by atoms with van der Waals surface area (Å²) >= 11 is 0. The fraction of sp³-hybridized carbons (Fsp3) is 0.500. The highest BCUT2D eigenvalue weighted by atomic mass is 16.5. The number of phenols is 1. The van der Waals surface area contributed by atoms with Crippen molar-refractivity contribution in [3.05, 3.63) is 23.8 Å². The Kier molecular flexibility index (Phi) is 3.03. The topological polar surface area (TPSA) is 58.9 Å². The van der Waals surface area contributed by atoms with E-state index in [2.05, 4.69) is 0 Å². The lowest BCUT2D eigenvalue weighted by Crippen LogP contribution is -2.33. The summed E-state index contributed by atoms with van der Waals surface area (Å²) in [6.45, 7) is 0.988. The average Bonchev–Trinajstić information content (AvgIpc) is 2.29. The lowest BCUT2D eigenvalue weighted by Gasteiger charge is -2.33. The molecule has 88 valence electrons. The van der Waals surface area contributed by atoms with E-state index in [0.29, 0.717) is 37.4 Å². The molecule has 16 heavy (non-hydrogen) atoms. The predicted molar refractivity (Wildman–Crippen MR) is 58.6 cm³/mol. The second-order valence-electron chi connectivity index (χ2n) is 4.00.